The van der Waals surface area contributed by atoms with Gasteiger partial charge in [-0.05, 0) is 16.8 Å². The maximum Gasteiger partial charge on any atom is 0.203 e. The van der Waals surface area contributed by atoms with Crippen LogP contribution in [0.5, 0.6) is 17.2 Å². The molecular weight excluding hydrogens is 286 g/mol. The van der Waals surface area contributed by atoms with Crippen molar-refractivity contribution in [3.63, 3.8) is 0 Å². The average molecular weight is 307 g/mol. The minimum absolute atomic E-state index is 0.506. The molecule has 0 fully saturated rings. The first-order valence-electron chi connectivity index (χ1n) is 7.02. The molecular formula is C14H21N5O3. The smallest absolute Gasteiger partial charge is 0.203 e. The van der Waals surface area contributed by atoms with Crippen LogP contribution in [0, 0.1) is 0 Å². The number of anilines is 1. The highest BCUT2D eigenvalue weighted by Gasteiger charge is 2.13. The zero-order chi connectivity index (χ0) is 15.9. The van der Waals surface area contributed by atoms with Crippen molar-refractivity contribution in [1.29, 1.82) is 0 Å². The van der Waals surface area contributed by atoms with Crippen molar-refractivity contribution in [3.05, 3.63) is 18.0 Å². The minimum Gasteiger partial charge on any atom is -0.493 e. The van der Waals surface area contributed by atoms with E-state index in [2.05, 4.69) is 27.8 Å². The molecule has 1 aromatic carbocycles. The standard InChI is InChI=1S/C14H21N5O3/c1-5-6-19-13(16-17-18-19)9-15-10-7-11(20-2)14(22-4)12(8-10)21-3/h7-8,15H,5-6,9H2,1-4H3. The second-order valence-corrected chi connectivity index (χ2v) is 4.59. The normalized spacial score (nSPS) is 10.4. The van der Waals surface area contributed by atoms with Gasteiger partial charge < -0.3 is 19.5 Å². The Bertz CT molecular complexity index is 589. The van der Waals surface area contributed by atoms with Crippen LogP contribution in [0.1, 0.15) is 19.2 Å². The number of nitrogens with zero attached hydrogens (tertiary/aromatic N) is 4. The molecule has 0 atom stereocenters. The van der Waals surface area contributed by atoms with E-state index < -0.39 is 0 Å². The van der Waals surface area contributed by atoms with Crippen molar-refractivity contribution in [1.82, 2.24) is 20.2 Å². The molecule has 0 saturated heterocycles. The van der Waals surface area contributed by atoms with Crippen molar-refractivity contribution in [3.8, 4) is 17.2 Å². The van der Waals surface area contributed by atoms with Crippen LogP contribution in [0.4, 0.5) is 5.69 Å². The van der Waals surface area contributed by atoms with Crippen molar-refractivity contribution in [2.45, 2.75) is 26.4 Å². The van der Waals surface area contributed by atoms with Crippen molar-refractivity contribution in [2.24, 2.45) is 0 Å². The van der Waals surface area contributed by atoms with E-state index in [1.807, 2.05) is 12.1 Å². The lowest BCUT2D eigenvalue weighted by Crippen LogP contribution is -2.10. The van der Waals surface area contributed by atoms with E-state index >= 15 is 0 Å². The molecule has 0 radical (unpaired) electrons. The Balaban J connectivity index is 2.17. The first-order chi connectivity index (χ1) is 10.7. The van der Waals surface area contributed by atoms with Gasteiger partial charge in [0.1, 0.15) is 0 Å². The van der Waals surface area contributed by atoms with E-state index in [-0.39, 0.29) is 0 Å². The van der Waals surface area contributed by atoms with Crippen molar-refractivity contribution in [2.75, 3.05) is 26.6 Å². The van der Waals surface area contributed by atoms with Gasteiger partial charge in [-0.3, -0.25) is 0 Å². The first kappa shape index (κ1) is 15.9. The maximum atomic E-state index is 5.33. The number of rotatable bonds is 8. The largest absolute Gasteiger partial charge is 0.493 e. The summed E-state index contributed by atoms with van der Waals surface area (Å²) in [7, 11) is 4.75. The highest BCUT2D eigenvalue weighted by atomic mass is 16.5. The zero-order valence-corrected chi connectivity index (χ0v) is 13.3. The van der Waals surface area contributed by atoms with E-state index in [0.29, 0.717) is 23.8 Å². The number of tetrazole rings is 1. The lowest BCUT2D eigenvalue weighted by molar-refractivity contribution is 0.324. The summed E-state index contributed by atoms with van der Waals surface area (Å²) in [6.07, 6.45) is 0.974. The van der Waals surface area contributed by atoms with Crippen LogP contribution in [0.15, 0.2) is 12.1 Å². The van der Waals surface area contributed by atoms with E-state index in [9.17, 15) is 0 Å². The van der Waals surface area contributed by atoms with E-state index in [1.54, 1.807) is 26.0 Å². The second-order valence-electron chi connectivity index (χ2n) is 4.59. The van der Waals surface area contributed by atoms with Gasteiger partial charge in [0.2, 0.25) is 5.75 Å². The molecule has 0 amide bonds. The molecule has 22 heavy (non-hydrogen) atoms. The Labute approximate surface area is 129 Å². The first-order valence-corrected chi connectivity index (χ1v) is 7.02. The molecule has 8 nitrogen and oxygen atoms in total. The average Bonchev–Trinajstić information content (AvgIpc) is 2.99. The number of aromatic nitrogens is 4. The highest BCUT2D eigenvalue weighted by molar-refractivity contribution is 5.62. The fourth-order valence-electron chi connectivity index (χ4n) is 2.10. The third-order valence-corrected chi connectivity index (χ3v) is 3.16. The second kappa shape index (κ2) is 7.48. The van der Waals surface area contributed by atoms with Gasteiger partial charge in [0.25, 0.3) is 0 Å². The van der Waals surface area contributed by atoms with Crippen LogP contribution in [0.25, 0.3) is 0 Å². The fraction of sp³-hybridized carbons (Fsp3) is 0.500. The number of hydrogen-bond acceptors (Lipinski definition) is 7. The number of nitrogens with one attached hydrogen (secondary N) is 1. The zero-order valence-electron chi connectivity index (χ0n) is 13.3. The van der Waals surface area contributed by atoms with E-state index in [0.717, 1.165) is 24.5 Å². The molecule has 1 N–H and O–H groups in total. The summed E-state index contributed by atoms with van der Waals surface area (Å²) in [6, 6.07) is 3.69. The molecule has 2 aromatic rings. The quantitative estimate of drug-likeness (QED) is 0.795. The van der Waals surface area contributed by atoms with Crippen LogP contribution in [0.2, 0.25) is 0 Å². The third-order valence-electron chi connectivity index (χ3n) is 3.16. The maximum absolute atomic E-state index is 5.33. The van der Waals surface area contributed by atoms with Gasteiger partial charge in [0, 0.05) is 24.4 Å². The molecule has 2 rings (SSSR count). The SMILES string of the molecule is CCCn1nnnc1CNc1cc(OC)c(OC)c(OC)c1. The topological polar surface area (TPSA) is 83.3 Å². The molecule has 8 heteroatoms. The fourth-order valence-corrected chi connectivity index (χ4v) is 2.10. The van der Waals surface area contributed by atoms with Crippen LogP contribution >= 0.6 is 0 Å². The monoisotopic (exact) mass is 307 g/mol. The van der Waals surface area contributed by atoms with Gasteiger partial charge in [0.15, 0.2) is 17.3 Å². The van der Waals surface area contributed by atoms with Crippen LogP contribution in [-0.4, -0.2) is 41.5 Å². The Morgan fingerprint density at radius 2 is 1.77 bits per heavy atom. The molecule has 0 saturated carbocycles. The number of methoxy groups -OCH3 is 3. The molecule has 0 unspecified atom stereocenters. The van der Waals surface area contributed by atoms with Gasteiger partial charge in [-0.25, -0.2) is 4.68 Å². The molecule has 0 aliphatic heterocycles. The van der Waals surface area contributed by atoms with Gasteiger partial charge in [-0.1, -0.05) is 6.92 Å². The summed E-state index contributed by atoms with van der Waals surface area (Å²) >= 11 is 0. The van der Waals surface area contributed by atoms with Crippen LogP contribution in [-0.2, 0) is 13.1 Å². The summed E-state index contributed by atoms with van der Waals surface area (Å²) < 4.78 is 17.7. The number of hydrogen-bond donors (Lipinski definition) is 1. The van der Waals surface area contributed by atoms with Gasteiger partial charge in [-0.15, -0.1) is 5.10 Å². The summed E-state index contributed by atoms with van der Waals surface area (Å²) in [5.41, 5.74) is 0.834. The third kappa shape index (κ3) is 3.38. The molecule has 1 aromatic heterocycles. The molecule has 120 valence electrons. The lowest BCUT2D eigenvalue weighted by atomic mass is 10.2. The summed E-state index contributed by atoms with van der Waals surface area (Å²) in [6.45, 7) is 3.38. The molecule has 1 heterocycles. The molecule has 0 aliphatic rings. The predicted octanol–water partition coefficient (Wildman–Crippen LogP) is 1.72. The van der Waals surface area contributed by atoms with Gasteiger partial charge in [0.05, 0.1) is 27.9 Å². The van der Waals surface area contributed by atoms with Crippen LogP contribution < -0.4 is 19.5 Å². The Morgan fingerprint density at radius 3 is 2.32 bits per heavy atom. The Morgan fingerprint density at radius 1 is 1.09 bits per heavy atom. The van der Waals surface area contributed by atoms with Crippen molar-refractivity contribution < 1.29 is 14.2 Å². The van der Waals surface area contributed by atoms with E-state index in [4.69, 9.17) is 14.2 Å². The van der Waals surface area contributed by atoms with Crippen molar-refractivity contribution >= 4 is 5.69 Å². The van der Waals surface area contributed by atoms with Gasteiger partial charge >= 0.3 is 0 Å². The summed E-state index contributed by atoms with van der Waals surface area (Å²) in [5, 5.41) is 14.9. The molecule has 0 bridgehead atoms. The predicted molar refractivity (Wildman–Crippen MR) is 81.5 cm³/mol. The lowest BCUT2D eigenvalue weighted by Gasteiger charge is -2.15. The number of aryl methyl sites for hydroxylation is 1. The summed E-state index contributed by atoms with van der Waals surface area (Å²) in [4.78, 5) is 0. The summed E-state index contributed by atoms with van der Waals surface area (Å²) in [5.74, 6) is 2.52. The van der Waals surface area contributed by atoms with Crippen LogP contribution in [0.3, 0.4) is 0 Å². The van der Waals surface area contributed by atoms with E-state index in [1.165, 1.54) is 0 Å². The highest BCUT2D eigenvalue weighted by Crippen LogP contribution is 2.39. The van der Waals surface area contributed by atoms with Gasteiger partial charge in [-0.2, -0.15) is 0 Å². The Kier molecular flexibility index (Phi) is 5.40. The Hall–Kier alpha value is -2.51. The number of benzene rings is 1. The minimum atomic E-state index is 0.506. The molecule has 0 aliphatic carbocycles. The molecule has 0 spiro atoms. The number of ether oxygens (including phenoxy) is 3.